The highest BCUT2D eigenvalue weighted by atomic mass is 32.2. The van der Waals surface area contributed by atoms with Crippen LogP contribution in [0.3, 0.4) is 0 Å². The first kappa shape index (κ1) is 11.7. The molecule has 5 heteroatoms. The summed E-state index contributed by atoms with van der Waals surface area (Å²) in [5.74, 6) is 0. The lowest BCUT2D eigenvalue weighted by molar-refractivity contribution is 0.557. The van der Waals surface area contributed by atoms with Gasteiger partial charge in [-0.15, -0.1) is 0 Å². The highest BCUT2D eigenvalue weighted by Crippen LogP contribution is 2.25. The number of hydrogen-bond acceptors (Lipinski definition) is 3. The fourth-order valence-electron chi connectivity index (χ4n) is 2.44. The highest BCUT2D eigenvalue weighted by molar-refractivity contribution is 7.89. The predicted molar refractivity (Wildman–Crippen MR) is 71.1 cm³/mol. The molecule has 0 bridgehead atoms. The molecule has 18 heavy (non-hydrogen) atoms. The van der Waals surface area contributed by atoms with Crippen LogP contribution in [0.25, 0.3) is 0 Å². The molecule has 2 N–H and O–H groups in total. The van der Waals surface area contributed by atoms with Gasteiger partial charge in [0.15, 0.2) is 0 Å². The minimum Gasteiger partial charge on any atom is -0.384 e. The Morgan fingerprint density at radius 1 is 1.22 bits per heavy atom. The molecule has 0 unspecified atom stereocenters. The van der Waals surface area contributed by atoms with Crippen LogP contribution in [-0.4, -0.2) is 21.0 Å². The molecule has 4 nitrogen and oxygen atoms in total. The van der Waals surface area contributed by atoms with E-state index in [0.717, 1.165) is 31.5 Å². The van der Waals surface area contributed by atoms with Crippen molar-refractivity contribution in [2.45, 2.75) is 30.2 Å². The zero-order chi connectivity index (χ0) is 12.6. The molecule has 0 fully saturated rings. The summed E-state index contributed by atoms with van der Waals surface area (Å²) in [6.45, 7) is 0.888. The summed E-state index contributed by atoms with van der Waals surface area (Å²) in [5, 5.41) is 3.20. The van der Waals surface area contributed by atoms with E-state index in [2.05, 4.69) is 10.0 Å². The third-order valence-electron chi connectivity index (χ3n) is 3.43. The standard InChI is InChI=1S/C13H16N2O2S/c16-18(17,15-11-3-1-2-4-11)12-6-5-10-7-8-14-13(10)9-12/h1-2,5-6,9,11,14-15H,3-4,7-8H2. The molecule has 1 aliphatic heterocycles. The lowest BCUT2D eigenvalue weighted by atomic mass is 10.2. The van der Waals surface area contributed by atoms with E-state index >= 15 is 0 Å². The summed E-state index contributed by atoms with van der Waals surface area (Å²) < 4.78 is 27.2. The lowest BCUT2D eigenvalue weighted by Gasteiger charge is -2.13. The molecule has 1 aliphatic carbocycles. The van der Waals surface area contributed by atoms with Crippen LogP contribution >= 0.6 is 0 Å². The van der Waals surface area contributed by atoms with Gasteiger partial charge in [-0.05, 0) is 37.0 Å². The van der Waals surface area contributed by atoms with E-state index in [9.17, 15) is 8.42 Å². The molecule has 1 aromatic carbocycles. The topological polar surface area (TPSA) is 58.2 Å². The highest BCUT2D eigenvalue weighted by Gasteiger charge is 2.22. The van der Waals surface area contributed by atoms with Crippen molar-refractivity contribution < 1.29 is 8.42 Å². The normalized spacial score (nSPS) is 18.9. The predicted octanol–water partition coefficient (Wildman–Crippen LogP) is 1.65. The maximum Gasteiger partial charge on any atom is 0.240 e. The second kappa shape index (κ2) is 4.40. The van der Waals surface area contributed by atoms with Gasteiger partial charge in [-0.1, -0.05) is 18.2 Å². The molecule has 0 amide bonds. The van der Waals surface area contributed by atoms with Gasteiger partial charge < -0.3 is 5.32 Å². The van der Waals surface area contributed by atoms with Crippen LogP contribution in [0.2, 0.25) is 0 Å². The summed E-state index contributed by atoms with van der Waals surface area (Å²) >= 11 is 0. The molecule has 0 radical (unpaired) electrons. The Balaban J connectivity index is 1.84. The molecule has 3 rings (SSSR count). The molecule has 1 heterocycles. The maximum atomic E-state index is 12.2. The number of nitrogens with one attached hydrogen (secondary N) is 2. The molecular weight excluding hydrogens is 248 g/mol. The number of rotatable bonds is 3. The van der Waals surface area contributed by atoms with Crippen molar-refractivity contribution in [1.29, 1.82) is 0 Å². The minimum atomic E-state index is -3.40. The van der Waals surface area contributed by atoms with Gasteiger partial charge in [0, 0.05) is 18.3 Å². The van der Waals surface area contributed by atoms with Gasteiger partial charge in [0.2, 0.25) is 10.0 Å². The van der Waals surface area contributed by atoms with Gasteiger partial charge in [-0.3, -0.25) is 0 Å². The van der Waals surface area contributed by atoms with E-state index in [1.165, 1.54) is 5.56 Å². The molecule has 0 saturated carbocycles. The Morgan fingerprint density at radius 3 is 2.78 bits per heavy atom. The lowest BCUT2D eigenvalue weighted by Crippen LogP contribution is -2.32. The van der Waals surface area contributed by atoms with Gasteiger partial charge in [0.25, 0.3) is 0 Å². The van der Waals surface area contributed by atoms with E-state index < -0.39 is 10.0 Å². The van der Waals surface area contributed by atoms with E-state index in [4.69, 9.17) is 0 Å². The first-order valence-electron chi connectivity index (χ1n) is 6.19. The van der Waals surface area contributed by atoms with Crippen molar-refractivity contribution in [2.24, 2.45) is 0 Å². The van der Waals surface area contributed by atoms with E-state index in [-0.39, 0.29) is 6.04 Å². The summed E-state index contributed by atoms with van der Waals surface area (Å²) in [4.78, 5) is 0.350. The van der Waals surface area contributed by atoms with E-state index in [0.29, 0.717) is 4.90 Å². The SMILES string of the molecule is O=S(=O)(NC1CC=CC1)c1ccc2c(c1)NCC2. The monoisotopic (exact) mass is 264 g/mol. The third-order valence-corrected chi connectivity index (χ3v) is 4.95. The average molecular weight is 264 g/mol. The zero-order valence-electron chi connectivity index (χ0n) is 10.0. The van der Waals surface area contributed by atoms with Gasteiger partial charge in [0.1, 0.15) is 0 Å². The largest absolute Gasteiger partial charge is 0.384 e. The van der Waals surface area contributed by atoms with Crippen molar-refractivity contribution in [2.75, 3.05) is 11.9 Å². The molecule has 2 aliphatic rings. The molecule has 0 atom stereocenters. The number of sulfonamides is 1. The van der Waals surface area contributed by atoms with Crippen molar-refractivity contribution in [3.8, 4) is 0 Å². The molecule has 0 aromatic heterocycles. The van der Waals surface area contributed by atoms with Crippen LogP contribution in [0.5, 0.6) is 0 Å². The summed E-state index contributed by atoms with van der Waals surface area (Å²) in [5.41, 5.74) is 2.14. The number of benzene rings is 1. The van der Waals surface area contributed by atoms with Crippen molar-refractivity contribution in [3.05, 3.63) is 35.9 Å². The molecule has 0 spiro atoms. The smallest absolute Gasteiger partial charge is 0.240 e. The summed E-state index contributed by atoms with van der Waals surface area (Å²) in [7, 11) is -3.40. The van der Waals surface area contributed by atoms with Crippen molar-refractivity contribution in [1.82, 2.24) is 4.72 Å². The Hall–Kier alpha value is -1.33. The Morgan fingerprint density at radius 2 is 2.00 bits per heavy atom. The maximum absolute atomic E-state index is 12.2. The zero-order valence-corrected chi connectivity index (χ0v) is 10.8. The molecule has 0 saturated heterocycles. The molecule has 96 valence electrons. The molecule has 1 aromatic rings. The van der Waals surface area contributed by atoms with Crippen LogP contribution < -0.4 is 10.0 Å². The first-order valence-corrected chi connectivity index (χ1v) is 7.67. The fraction of sp³-hybridized carbons (Fsp3) is 0.385. The second-order valence-electron chi connectivity index (χ2n) is 4.76. The summed E-state index contributed by atoms with van der Waals surface area (Å²) in [6, 6.07) is 5.33. The Labute approximate surface area is 107 Å². The van der Waals surface area contributed by atoms with E-state index in [1.54, 1.807) is 12.1 Å². The molecular formula is C13H16N2O2S. The number of hydrogen-bond donors (Lipinski definition) is 2. The van der Waals surface area contributed by atoms with Crippen molar-refractivity contribution in [3.63, 3.8) is 0 Å². The van der Waals surface area contributed by atoms with Gasteiger partial charge in [0.05, 0.1) is 4.90 Å². The van der Waals surface area contributed by atoms with Gasteiger partial charge in [-0.25, -0.2) is 13.1 Å². The second-order valence-corrected chi connectivity index (χ2v) is 6.47. The van der Waals surface area contributed by atoms with Gasteiger partial charge >= 0.3 is 0 Å². The van der Waals surface area contributed by atoms with Crippen LogP contribution in [0.4, 0.5) is 5.69 Å². The number of anilines is 1. The number of fused-ring (bicyclic) bond motifs is 1. The fourth-order valence-corrected chi connectivity index (χ4v) is 3.73. The van der Waals surface area contributed by atoms with Crippen LogP contribution in [-0.2, 0) is 16.4 Å². The quantitative estimate of drug-likeness (QED) is 0.816. The van der Waals surface area contributed by atoms with Crippen LogP contribution in [0, 0.1) is 0 Å². The first-order chi connectivity index (χ1) is 8.65. The van der Waals surface area contributed by atoms with Crippen molar-refractivity contribution >= 4 is 15.7 Å². The van der Waals surface area contributed by atoms with Gasteiger partial charge in [-0.2, -0.15) is 0 Å². The average Bonchev–Trinajstić information content (AvgIpc) is 2.97. The van der Waals surface area contributed by atoms with Crippen LogP contribution in [0.15, 0.2) is 35.2 Å². The third kappa shape index (κ3) is 2.15. The van der Waals surface area contributed by atoms with E-state index in [1.807, 2.05) is 18.2 Å². The van der Waals surface area contributed by atoms with Crippen LogP contribution in [0.1, 0.15) is 18.4 Å². The Bertz CT molecular complexity index is 585. The minimum absolute atomic E-state index is 0.0104. The summed E-state index contributed by atoms with van der Waals surface area (Å²) in [6.07, 6.45) is 6.55. The Kier molecular flexibility index (Phi) is 2.87.